The number of nitrogens with one attached hydrogen (secondary N) is 1. The highest BCUT2D eigenvalue weighted by atomic mass is 15.3. The highest BCUT2D eigenvalue weighted by Gasteiger charge is 2.27. The zero-order valence-electron chi connectivity index (χ0n) is 12.7. The molecule has 106 valence electrons. The SMILES string of the molecule is CC(CCNC1CC1)N1CCN(C(C)(C)C)CC1. The molecule has 0 radical (unpaired) electrons. The smallest absolute Gasteiger partial charge is 0.0126 e. The molecule has 1 aliphatic heterocycles. The Morgan fingerprint density at radius 2 is 1.72 bits per heavy atom. The van der Waals surface area contributed by atoms with Crippen molar-refractivity contribution in [3.8, 4) is 0 Å². The molecular formula is C15H31N3. The Morgan fingerprint density at radius 1 is 1.11 bits per heavy atom. The maximum atomic E-state index is 3.62. The van der Waals surface area contributed by atoms with Crippen LogP contribution in [0, 0.1) is 0 Å². The maximum Gasteiger partial charge on any atom is 0.0126 e. The molecule has 18 heavy (non-hydrogen) atoms. The van der Waals surface area contributed by atoms with Gasteiger partial charge in [-0.1, -0.05) is 0 Å². The third-order valence-electron chi connectivity index (χ3n) is 4.46. The van der Waals surface area contributed by atoms with Gasteiger partial charge >= 0.3 is 0 Å². The standard InChI is InChI=1S/C15H31N3/c1-13(7-8-16-14-5-6-14)17-9-11-18(12-10-17)15(2,3)4/h13-14,16H,5-12H2,1-4H3. The molecule has 0 aromatic carbocycles. The highest BCUT2D eigenvalue weighted by Crippen LogP contribution is 2.19. The van der Waals surface area contributed by atoms with Crippen molar-refractivity contribution in [2.45, 2.75) is 64.6 Å². The molecule has 1 atom stereocenters. The molecule has 2 fully saturated rings. The molecule has 0 aromatic heterocycles. The van der Waals surface area contributed by atoms with Gasteiger partial charge in [0.1, 0.15) is 0 Å². The van der Waals surface area contributed by atoms with Crippen LogP contribution in [-0.2, 0) is 0 Å². The molecule has 2 rings (SSSR count). The van der Waals surface area contributed by atoms with Crippen molar-refractivity contribution >= 4 is 0 Å². The first kappa shape index (κ1) is 14.3. The van der Waals surface area contributed by atoms with Gasteiger partial charge in [0, 0.05) is 43.8 Å². The first-order valence-corrected chi connectivity index (χ1v) is 7.69. The van der Waals surface area contributed by atoms with E-state index in [0.29, 0.717) is 5.54 Å². The molecule has 3 nitrogen and oxygen atoms in total. The average Bonchev–Trinajstić information content (AvgIpc) is 3.12. The van der Waals surface area contributed by atoms with Gasteiger partial charge in [-0.25, -0.2) is 0 Å². The predicted molar refractivity (Wildman–Crippen MR) is 78.0 cm³/mol. The molecule has 0 aromatic rings. The lowest BCUT2D eigenvalue weighted by Crippen LogP contribution is -2.55. The van der Waals surface area contributed by atoms with Crippen molar-refractivity contribution in [2.24, 2.45) is 0 Å². The van der Waals surface area contributed by atoms with E-state index in [9.17, 15) is 0 Å². The van der Waals surface area contributed by atoms with Crippen molar-refractivity contribution < 1.29 is 0 Å². The fraction of sp³-hybridized carbons (Fsp3) is 1.00. The molecule has 0 bridgehead atoms. The molecule has 2 aliphatic rings. The highest BCUT2D eigenvalue weighted by molar-refractivity contribution is 4.85. The zero-order chi connectivity index (χ0) is 13.2. The largest absolute Gasteiger partial charge is 0.314 e. The van der Waals surface area contributed by atoms with Gasteiger partial charge in [0.15, 0.2) is 0 Å². The summed E-state index contributed by atoms with van der Waals surface area (Å²) in [6, 6.07) is 1.59. The Morgan fingerprint density at radius 3 is 2.22 bits per heavy atom. The van der Waals surface area contributed by atoms with Gasteiger partial charge in [-0.3, -0.25) is 9.80 Å². The van der Waals surface area contributed by atoms with Crippen LogP contribution < -0.4 is 5.32 Å². The summed E-state index contributed by atoms with van der Waals surface area (Å²) in [5, 5.41) is 3.62. The van der Waals surface area contributed by atoms with Crippen LogP contribution in [0.15, 0.2) is 0 Å². The van der Waals surface area contributed by atoms with Crippen molar-refractivity contribution in [3.63, 3.8) is 0 Å². The Balaban J connectivity index is 1.64. The van der Waals surface area contributed by atoms with Gasteiger partial charge in [0.2, 0.25) is 0 Å². The van der Waals surface area contributed by atoms with Gasteiger partial charge in [-0.05, 0) is 53.5 Å². The summed E-state index contributed by atoms with van der Waals surface area (Å²) in [5.41, 5.74) is 0.336. The minimum absolute atomic E-state index is 0.336. The summed E-state index contributed by atoms with van der Waals surface area (Å²) >= 11 is 0. The lowest BCUT2D eigenvalue weighted by atomic mass is 10.0. The summed E-state index contributed by atoms with van der Waals surface area (Å²) < 4.78 is 0. The van der Waals surface area contributed by atoms with Crippen LogP contribution in [-0.4, -0.2) is 60.1 Å². The minimum Gasteiger partial charge on any atom is -0.314 e. The number of hydrogen-bond donors (Lipinski definition) is 1. The number of piperazine rings is 1. The second-order valence-corrected chi connectivity index (χ2v) is 7.06. The fourth-order valence-corrected chi connectivity index (χ4v) is 2.80. The molecule has 1 N–H and O–H groups in total. The number of rotatable bonds is 5. The van der Waals surface area contributed by atoms with E-state index < -0.39 is 0 Å². The van der Waals surface area contributed by atoms with Crippen LogP contribution in [0.3, 0.4) is 0 Å². The molecule has 1 saturated heterocycles. The maximum absolute atomic E-state index is 3.62. The van der Waals surface area contributed by atoms with E-state index in [0.717, 1.165) is 12.1 Å². The van der Waals surface area contributed by atoms with Gasteiger partial charge < -0.3 is 5.32 Å². The van der Waals surface area contributed by atoms with E-state index in [2.05, 4.69) is 42.8 Å². The normalized spacial score (nSPS) is 25.3. The van der Waals surface area contributed by atoms with Crippen LogP contribution in [0.1, 0.15) is 47.0 Å². The van der Waals surface area contributed by atoms with E-state index in [-0.39, 0.29) is 0 Å². The fourth-order valence-electron chi connectivity index (χ4n) is 2.80. The summed E-state index contributed by atoms with van der Waals surface area (Å²) in [4.78, 5) is 5.27. The first-order valence-electron chi connectivity index (χ1n) is 7.69. The molecular weight excluding hydrogens is 222 g/mol. The minimum atomic E-state index is 0.336. The molecule has 3 heteroatoms. The van der Waals surface area contributed by atoms with Crippen LogP contribution in [0.4, 0.5) is 0 Å². The van der Waals surface area contributed by atoms with E-state index in [1.165, 1.54) is 52.0 Å². The van der Waals surface area contributed by atoms with E-state index >= 15 is 0 Å². The lowest BCUT2D eigenvalue weighted by Gasteiger charge is -2.44. The van der Waals surface area contributed by atoms with Crippen LogP contribution in [0.2, 0.25) is 0 Å². The summed E-state index contributed by atoms with van der Waals surface area (Å²) in [5.74, 6) is 0. The van der Waals surface area contributed by atoms with E-state index in [1.54, 1.807) is 0 Å². The molecule has 1 unspecified atom stereocenters. The van der Waals surface area contributed by atoms with Gasteiger partial charge in [-0.2, -0.15) is 0 Å². The molecule has 1 aliphatic carbocycles. The second kappa shape index (κ2) is 5.89. The molecule has 1 heterocycles. The van der Waals surface area contributed by atoms with Crippen molar-refractivity contribution in [1.82, 2.24) is 15.1 Å². The third-order valence-corrected chi connectivity index (χ3v) is 4.46. The Labute approximate surface area is 113 Å². The summed E-state index contributed by atoms with van der Waals surface area (Å²) in [7, 11) is 0. The molecule has 0 amide bonds. The van der Waals surface area contributed by atoms with Crippen molar-refractivity contribution in [3.05, 3.63) is 0 Å². The van der Waals surface area contributed by atoms with Gasteiger partial charge in [0.25, 0.3) is 0 Å². The topological polar surface area (TPSA) is 18.5 Å². The lowest BCUT2D eigenvalue weighted by molar-refractivity contribution is 0.0439. The van der Waals surface area contributed by atoms with Crippen LogP contribution >= 0.6 is 0 Å². The van der Waals surface area contributed by atoms with Gasteiger partial charge in [-0.15, -0.1) is 0 Å². The summed E-state index contributed by atoms with van der Waals surface area (Å²) in [6.45, 7) is 15.5. The van der Waals surface area contributed by atoms with E-state index in [4.69, 9.17) is 0 Å². The molecule has 1 saturated carbocycles. The Hall–Kier alpha value is -0.120. The zero-order valence-corrected chi connectivity index (χ0v) is 12.7. The van der Waals surface area contributed by atoms with Gasteiger partial charge in [0.05, 0.1) is 0 Å². The Bertz CT molecular complexity index is 247. The first-order chi connectivity index (χ1) is 8.47. The monoisotopic (exact) mass is 253 g/mol. The quantitative estimate of drug-likeness (QED) is 0.808. The van der Waals surface area contributed by atoms with Crippen molar-refractivity contribution in [2.75, 3.05) is 32.7 Å². The number of hydrogen-bond acceptors (Lipinski definition) is 3. The van der Waals surface area contributed by atoms with Crippen LogP contribution in [0.25, 0.3) is 0 Å². The third kappa shape index (κ3) is 4.22. The average molecular weight is 253 g/mol. The van der Waals surface area contributed by atoms with E-state index in [1.807, 2.05) is 0 Å². The predicted octanol–water partition coefficient (Wildman–Crippen LogP) is 1.93. The summed E-state index contributed by atoms with van der Waals surface area (Å²) in [6.07, 6.45) is 4.10. The second-order valence-electron chi connectivity index (χ2n) is 7.06. The Kier molecular flexibility index (Phi) is 4.68. The van der Waals surface area contributed by atoms with Crippen LogP contribution in [0.5, 0.6) is 0 Å². The molecule has 0 spiro atoms. The number of nitrogens with zero attached hydrogens (tertiary/aromatic N) is 2. The van der Waals surface area contributed by atoms with Crippen molar-refractivity contribution in [1.29, 1.82) is 0 Å².